The average Bonchev–Trinajstić information content (AvgIpc) is 2.94. The Morgan fingerprint density at radius 3 is 2.81 bits per heavy atom. The van der Waals surface area contributed by atoms with Gasteiger partial charge in [0.2, 0.25) is 0 Å². The smallest absolute Gasteiger partial charge is 0.264 e. The van der Waals surface area contributed by atoms with E-state index in [1.165, 1.54) is 11.3 Å². The Morgan fingerprint density at radius 2 is 2.08 bits per heavy atom. The minimum atomic E-state index is -0.260. The highest BCUT2D eigenvalue weighted by molar-refractivity contribution is 9.10. The van der Waals surface area contributed by atoms with Crippen LogP contribution < -0.4 is 10.1 Å². The summed E-state index contributed by atoms with van der Waals surface area (Å²) in [6, 6.07) is 13.2. The monoisotopic (exact) mass is 450 g/mol. The first-order valence-corrected chi connectivity index (χ1v) is 9.83. The Balaban J connectivity index is 1.65. The zero-order valence-electron chi connectivity index (χ0n) is 14.2. The first-order chi connectivity index (χ1) is 12.4. The molecule has 3 rings (SSSR count). The summed E-state index contributed by atoms with van der Waals surface area (Å²) in [4.78, 5) is 17.7. The zero-order chi connectivity index (χ0) is 18.7. The van der Waals surface area contributed by atoms with Crippen molar-refractivity contribution in [3.05, 3.63) is 62.4 Å². The molecule has 0 bridgehead atoms. The summed E-state index contributed by atoms with van der Waals surface area (Å²) in [6.07, 6.45) is 0. The molecule has 0 saturated heterocycles. The Hall–Kier alpha value is -1.89. The third-order valence-corrected chi connectivity index (χ3v) is 5.33. The molecule has 0 radical (unpaired) electrons. The van der Waals surface area contributed by atoms with Gasteiger partial charge < -0.3 is 4.74 Å². The van der Waals surface area contributed by atoms with Crippen LogP contribution in [-0.2, 0) is 4.79 Å². The van der Waals surface area contributed by atoms with Gasteiger partial charge in [-0.3, -0.25) is 10.1 Å². The van der Waals surface area contributed by atoms with Crippen molar-refractivity contribution in [1.29, 1.82) is 0 Å². The SMILES string of the molecule is Cc1ccc(OCC(=O)Nc2nc(-c3cccc(Cl)c3)c(C)s2)c(Br)c1. The molecular formula is C19H16BrClN2O2S. The Kier molecular flexibility index (Phi) is 5.96. The normalized spacial score (nSPS) is 10.6. The predicted octanol–water partition coefficient (Wildman–Crippen LogP) is 5.86. The first kappa shape index (κ1) is 18.9. The average molecular weight is 452 g/mol. The number of ether oxygens (including phenoxy) is 1. The van der Waals surface area contributed by atoms with Gasteiger partial charge in [-0.2, -0.15) is 0 Å². The van der Waals surface area contributed by atoms with Crippen LogP contribution in [0.1, 0.15) is 10.4 Å². The van der Waals surface area contributed by atoms with E-state index in [1.807, 2.05) is 56.3 Å². The van der Waals surface area contributed by atoms with E-state index in [0.717, 1.165) is 26.2 Å². The molecular weight excluding hydrogens is 436 g/mol. The number of carbonyl (C=O) groups is 1. The molecule has 1 N–H and O–H groups in total. The van der Waals surface area contributed by atoms with Crippen molar-refractivity contribution in [3.63, 3.8) is 0 Å². The van der Waals surface area contributed by atoms with Crippen molar-refractivity contribution in [1.82, 2.24) is 4.98 Å². The van der Waals surface area contributed by atoms with Crippen molar-refractivity contribution < 1.29 is 9.53 Å². The Morgan fingerprint density at radius 1 is 1.27 bits per heavy atom. The number of halogens is 2. The second-order valence-corrected chi connectivity index (χ2v) is 8.20. The standard InChI is InChI=1S/C19H16BrClN2O2S/c1-11-6-7-16(15(20)8-11)25-10-17(24)22-19-23-18(12(2)26-19)13-4-3-5-14(21)9-13/h3-9H,10H2,1-2H3,(H,22,23,24). The largest absolute Gasteiger partial charge is 0.483 e. The van der Waals surface area contributed by atoms with Gasteiger partial charge in [0.15, 0.2) is 11.7 Å². The van der Waals surface area contributed by atoms with Gasteiger partial charge in [0.05, 0.1) is 10.2 Å². The molecule has 7 heteroatoms. The van der Waals surface area contributed by atoms with Gasteiger partial charge in [-0.1, -0.05) is 29.8 Å². The van der Waals surface area contributed by atoms with Crippen LogP contribution >= 0.6 is 38.9 Å². The fraction of sp³-hybridized carbons (Fsp3) is 0.158. The van der Waals surface area contributed by atoms with Gasteiger partial charge in [-0.05, 0) is 59.6 Å². The molecule has 134 valence electrons. The van der Waals surface area contributed by atoms with Crippen molar-refractivity contribution in [2.24, 2.45) is 0 Å². The number of thiazole rings is 1. The fourth-order valence-electron chi connectivity index (χ4n) is 2.38. The molecule has 1 heterocycles. The van der Waals surface area contributed by atoms with E-state index in [0.29, 0.717) is 15.9 Å². The maximum Gasteiger partial charge on any atom is 0.264 e. The summed E-state index contributed by atoms with van der Waals surface area (Å²) in [5.74, 6) is 0.365. The van der Waals surface area contributed by atoms with E-state index in [1.54, 1.807) is 0 Å². The number of aromatic nitrogens is 1. The van der Waals surface area contributed by atoms with Gasteiger partial charge in [0.25, 0.3) is 5.91 Å². The molecule has 3 aromatic rings. The van der Waals surface area contributed by atoms with Crippen LogP contribution in [-0.4, -0.2) is 17.5 Å². The number of benzene rings is 2. The molecule has 4 nitrogen and oxygen atoms in total. The van der Waals surface area contributed by atoms with Gasteiger partial charge in [-0.15, -0.1) is 11.3 Å². The minimum Gasteiger partial charge on any atom is -0.483 e. The highest BCUT2D eigenvalue weighted by Crippen LogP contribution is 2.31. The van der Waals surface area contributed by atoms with E-state index < -0.39 is 0 Å². The quantitative estimate of drug-likeness (QED) is 0.528. The maximum atomic E-state index is 12.2. The molecule has 1 aromatic heterocycles. The number of rotatable bonds is 5. The van der Waals surface area contributed by atoms with Gasteiger partial charge >= 0.3 is 0 Å². The van der Waals surface area contributed by atoms with Crippen LogP contribution in [0.25, 0.3) is 11.3 Å². The molecule has 2 aromatic carbocycles. The second kappa shape index (κ2) is 8.20. The van der Waals surface area contributed by atoms with Gasteiger partial charge in [-0.25, -0.2) is 4.98 Å². The number of amides is 1. The van der Waals surface area contributed by atoms with Crippen LogP contribution in [0.2, 0.25) is 5.02 Å². The lowest BCUT2D eigenvalue weighted by Crippen LogP contribution is -2.20. The number of nitrogens with one attached hydrogen (secondary N) is 1. The van der Waals surface area contributed by atoms with Crippen LogP contribution in [0.4, 0.5) is 5.13 Å². The predicted molar refractivity (Wildman–Crippen MR) is 110 cm³/mol. The lowest BCUT2D eigenvalue weighted by atomic mass is 10.1. The minimum absolute atomic E-state index is 0.0905. The molecule has 0 spiro atoms. The molecule has 0 unspecified atom stereocenters. The zero-order valence-corrected chi connectivity index (χ0v) is 17.3. The summed E-state index contributed by atoms with van der Waals surface area (Å²) in [5, 5.41) is 3.97. The highest BCUT2D eigenvalue weighted by Gasteiger charge is 2.13. The number of carbonyl (C=O) groups excluding carboxylic acids is 1. The van der Waals surface area contributed by atoms with Crippen LogP contribution in [0.5, 0.6) is 5.75 Å². The number of nitrogens with zero attached hydrogens (tertiary/aromatic N) is 1. The Labute approximate surface area is 169 Å². The number of hydrogen-bond acceptors (Lipinski definition) is 4. The summed E-state index contributed by atoms with van der Waals surface area (Å²) >= 11 is 10.9. The highest BCUT2D eigenvalue weighted by atomic mass is 79.9. The Bertz CT molecular complexity index is 958. The van der Waals surface area contributed by atoms with E-state index in [9.17, 15) is 4.79 Å². The molecule has 0 aliphatic heterocycles. The molecule has 0 aliphatic carbocycles. The maximum absolute atomic E-state index is 12.2. The second-order valence-electron chi connectivity index (χ2n) is 5.70. The number of hydrogen-bond donors (Lipinski definition) is 1. The molecule has 0 aliphatic rings. The van der Waals surface area contributed by atoms with Crippen LogP contribution in [0.15, 0.2) is 46.9 Å². The lowest BCUT2D eigenvalue weighted by Gasteiger charge is -2.08. The lowest BCUT2D eigenvalue weighted by molar-refractivity contribution is -0.118. The fourth-order valence-corrected chi connectivity index (χ4v) is 4.03. The van der Waals surface area contributed by atoms with Crippen LogP contribution in [0.3, 0.4) is 0 Å². The molecule has 0 atom stereocenters. The van der Waals surface area contributed by atoms with Crippen LogP contribution in [0, 0.1) is 13.8 Å². The van der Waals surface area contributed by atoms with Crippen molar-refractivity contribution >= 4 is 49.9 Å². The number of anilines is 1. The van der Waals surface area contributed by atoms with Crippen molar-refractivity contribution in [2.75, 3.05) is 11.9 Å². The van der Waals surface area contributed by atoms with Gasteiger partial charge in [0, 0.05) is 15.5 Å². The summed E-state index contributed by atoms with van der Waals surface area (Å²) in [5.41, 5.74) is 2.85. The third-order valence-electron chi connectivity index (χ3n) is 3.59. The van der Waals surface area contributed by atoms with E-state index in [4.69, 9.17) is 16.3 Å². The van der Waals surface area contributed by atoms with E-state index in [-0.39, 0.29) is 12.5 Å². The molecule has 1 amide bonds. The summed E-state index contributed by atoms with van der Waals surface area (Å²) in [6.45, 7) is 3.86. The number of aryl methyl sites for hydroxylation is 2. The summed E-state index contributed by atoms with van der Waals surface area (Å²) in [7, 11) is 0. The summed E-state index contributed by atoms with van der Waals surface area (Å²) < 4.78 is 6.38. The van der Waals surface area contributed by atoms with Gasteiger partial charge in [0.1, 0.15) is 5.75 Å². The molecule has 26 heavy (non-hydrogen) atoms. The van der Waals surface area contributed by atoms with Crippen molar-refractivity contribution in [2.45, 2.75) is 13.8 Å². The topological polar surface area (TPSA) is 51.2 Å². The van der Waals surface area contributed by atoms with E-state index in [2.05, 4.69) is 26.2 Å². The third kappa shape index (κ3) is 4.63. The van der Waals surface area contributed by atoms with E-state index >= 15 is 0 Å². The van der Waals surface area contributed by atoms with Crippen molar-refractivity contribution in [3.8, 4) is 17.0 Å². The molecule has 0 saturated carbocycles. The molecule has 0 fully saturated rings. The first-order valence-electron chi connectivity index (χ1n) is 7.84.